The van der Waals surface area contributed by atoms with Crippen LogP contribution in [0.25, 0.3) is 33.1 Å². The predicted molar refractivity (Wildman–Crippen MR) is 104 cm³/mol. The van der Waals surface area contributed by atoms with Gasteiger partial charge in [0, 0.05) is 17.1 Å². The first-order valence-corrected chi connectivity index (χ1v) is 8.71. The van der Waals surface area contributed by atoms with Crippen molar-refractivity contribution < 1.29 is 4.39 Å². The molecule has 3 aromatic heterocycles. The molecule has 1 N–H and O–H groups in total. The Balaban J connectivity index is 1.58. The second kappa shape index (κ2) is 6.38. The Bertz CT molecular complexity index is 1390. The van der Waals surface area contributed by atoms with Crippen LogP contribution in [0.4, 0.5) is 4.39 Å². The van der Waals surface area contributed by atoms with Gasteiger partial charge in [0.15, 0.2) is 0 Å². The van der Waals surface area contributed by atoms with Gasteiger partial charge >= 0.3 is 0 Å². The molecule has 0 bridgehead atoms. The van der Waals surface area contributed by atoms with Gasteiger partial charge in [0.25, 0.3) is 5.56 Å². The standard InChI is InChI=1S/C21H14FN5O/c22-17-8-13(15-2-1-3-18-16(15)9-25-26-18)4-5-14(17)12-27-20-6-7-23-10-19(20)24-11-21(27)28/h1-11H,12H2,(H,25,26). The zero-order chi connectivity index (χ0) is 19.1. The van der Waals surface area contributed by atoms with E-state index < -0.39 is 0 Å². The molecule has 0 radical (unpaired) electrons. The van der Waals surface area contributed by atoms with E-state index >= 15 is 0 Å². The average molecular weight is 371 g/mol. The lowest BCUT2D eigenvalue weighted by molar-refractivity contribution is 0.599. The fourth-order valence-electron chi connectivity index (χ4n) is 3.42. The van der Waals surface area contributed by atoms with Crippen molar-refractivity contribution in [1.82, 2.24) is 24.7 Å². The maximum absolute atomic E-state index is 14.9. The maximum atomic E-state index is 14.9. The largest absolute Gasteiger partial charge is 0.301 e. The highest BCUT2D eigenvalue weighted by Gasteiger charge is 2.11. The Hall–Kier alpha value is -3.87. The second-order valence-electron chi connectivity index (χ2n) is 6.49. The van der Waals surface area contributed by atoms with Crippen molar-refractivity contribution in [3.63, 3.8) is 0 Å². The van der Waals surface area contributed by atoms with Crippen LogP contribution in [0.3, 0.4) is 0 Å². The number of rotatable bonds is 3. The summed E-state index contributed by atoms with van der Waals surface area (Å²) in [6.45, 7) is 0.115. The molecular formula is C21H14FN5O. The zero-order valence-electron chi connectivity index (χ0n) is 14.6. The van der Waals surface area contributed by atoms with Gasteiger partial charge in [-0.3, -0.25) is 14.9 Å². The van der Waals surface area contributed by atoms with E-state index in [1.54, 1.807) is 30.7 Å². The molecule has 0 unspecified atom stereocenters. The molecule has 0 aliphatic heterocycles. The molecule has 136 valence electrons. The van der Waals surface area contributed by atoms with Crippen LogP contribution in [0, 0.1) is 5.82 Å². The van der Waals surface area contributed by atoms with Crippen LogP contribution in [-0.4, -0.2) is 24.7 Å². The average Bonchev–Trinajstić information content (AvgIpc) is 3.20. The predicted octanol–water partition coefficient (Wildman–Crippen LogP) is 3.52. The van der Waals surface area contributed by atoms with Crippen molar-refractivity contribution >= 4 is 21.9 Å². The highest BCUT2D eigenvalue weighted by Crippen LogP contribution is 2.29. The number of nitrogens with zero attached hydrogens (tertiary/aromatic N) is 4. The summed E-state index contributed by atoms with van der Waals surface area (Å²) in [4.78, 5) is 20.4. The van der Waals surface area contributed by atoms with Gasteiger partial charge in [-0.05, 0) is 29.3 Å². The third kappa shape index (κ3) is 2.64. The lowest BCUT2D eigenvalue weighted by atomic mass is 10.0. The van der Waals surface area contributed by atoms with Crippen molar-refractivity contribution in [1.29, 1.82) is 0 Å². The minimum atomic E-state index is -0.371. The minimum absolute atomic E-state index is 0.115. The van der Waals surface area contributed by atoms with Crippen LogP contribution in [-0.2, 0) is 6.54 Å². The normalized spacial score (nSPS) is 11.3. The van der Waals surface area contributed by atoms with Crippen LogP contribution in [0.1, 0.15) is 5.56 Å². The highest BCUT2D eigenvalue weighted by molar-refractivity contribution is 5.94. The molecule has 28 heavy (non-hydrogen) atoms. The number of nitrogens with one attached hydrogen (secondary N) is 1. The highest BCUT2D eigenvalue weighted by atomic mass is 19.1. The lowest BCUT2D eigenvalue weighted by Gasteiger charge is -2.11. The zero-order valence-corrected chi connectivity index (χ0v) is 14.6. The molecule has 6 nitrogen and oxygen atoms in total. The van der Waals surface area contributed by atoms with Crippen molar-refractivity contribution in [2.45, 2.75) is 6.54 Å². The van der Waals surface area contributed by atoms with E-state index in [0.29, 0.717) is 16.6 Å². The molecule has 0 fully saturated rings. The third-order valence-corrected chi connectivity index (χ3v) is 4.83. The molecule has 0 spiro atoms. The maximum Gasteiger partial charge on any atom is 0.269 e. The van der Waals surface area contributed by atoms with Crippen LogP contribution in [0.15, 0.2) is 72.0 Å². The topological polar surface area (TPSA) is 76.5 Å². The number of halogens is 1. The summed E-state index contributed by atoms with van der Waals surface area (Å²) in [5.74, 6) is -0.371. The molecule has 5 rings (SSSR count). The fourth-order valence-corrected chi connectivity index (χ4v) is 3.42. The van der Waals surface area contributed by atoms with Gasteiger partial charge in [-0.1, -0.05) is 24.3 Å². The molecule has 3 heterocycles. The van der Waals surface area contributed by atoms with E-state index in [1.165, 1.54) is 16.8 Å². The van der Waals surface area contributed by atoms with Gasteiger partial charge in [-0.2, -0.15) is 5.10 Å². The Morgan fingerprint density at radius 3 is 2.89 bits per heavy atom. The summed E-state index contributed by atoms with van der Waals surface area (Å²) in [5, 5.41) is 7.90. The Labute approximate surface area is 158 Å². The van der Waals surface area contributed by atoms with Crippen molar-refractivity contribution in [3.05, 3.63) is 89.0 Å². The Morgan fingerprint density at radius 1 is 1.07 bits per heavy atom. The molecule has 0 saturated carbocycles. The molecule has 2 aromatic carbocycles. The number of H-pyrrole nitrogens is 1. The first-order valence-electron chi connectivity index (χ1n) is 8.71. The van der Waals surface area contributed by atoms with Gasteiger partial charge in [0.05, 0.1) is 36.2 Å². The van der Waals surface area contributed by atoms with Gasteiger partial charge in [0.2, 0.25) is 0 Å². The van der Waals surface area contributed by atoms with Crippen LogP contribution >= 0.6 is 0 Å². The van der Waals surface area contributed by atoms with Gasteiger partial charge in [-0.25, -0.2) is 9.37 Å². The number of aromatic nitrogens is 5. The first-order chi connectivity index (χ1) is 13.7. The first kappa shape index (κ1) is 16.3. The number of aromatic amines is 1. The van der Waals surface area contributed by atoms with E-state index in [-0.39, 0.29) is 17.9 Å². The number of pyridine rings is 1. The van der Waals surface area contributed by atoms with E-state index in [0.717, 1.165) is 22.0 Å². The quantitative estimate of drug-likeness (QED) is 0.526. The molecule has 0 aliphatic rings. The second-order valence-corrected chi connectivity index (χ2v) is 6.49. The van der Waals surface area contributed by atoms with E-state index in [4.69, 9.17) is 0 Å². The summed E-state index contributed by atoms with van der Waals surface area (Å²) in [5.41, 5.74) is 3.89. The van der Waals surface area contributed by atoms with Crippen LogP contribution in [0.2, 0.25) is 0 Å². The van der Waals surface area contributed by atoms with Crippen molar-refractivity contribution in [2.24, 2.45) is 0 Å². The smallest absolute Gasteiger partial charge is 0.269 e. The summed E-state index contributed by atoms with van der Waals surface area (Å²) < 4.78 is 16.4. The monoisotopic (exact) mass is 371 g/mol. The van der Waals surface area contributed by atoms with Crippen LogP contribution < -0.4 is 5.56 Å². The lowest BCUT2D eigenvalue weighted by Crippen LogP contribution is -2.21. The molecule has 0 aliphatic carbocycles. The van der Waals surface area contributed by atoms with Gasteiger partial charge in [0.1, 0.15) is 11.3 Å². The number of hydrogen-bond donors (Lipinski definition) is 1. The molecule has 7 heteroatoms. The SMILES string of the molecule is O=c1cnc2cnccc2n1Cc1ccc(-c2cccc3[nH]ncc23)cc1F. The molecule has 0 amide bonds. The van der Waals surface area contributed by atoms with Crippen LogP contribution in [0.5, 0.6) is 0 Å². The summed E-state index contributed by atoms with van der Waals surface area (Å²) >= 11 is 0. The van der Waals surface area contributed by atoms with Crippen molar-refractivity contribution in [3.8, 4) is 11.1 Å². The summed E-state index contributed by atoms with van der Waals surface area (Å²) in [6.07, 6.45) is 6.13. The number of hydrogen-bond acceptors (Lipinski definition) is 4. The Kier molecular flexibility index (Phi) is 3.72. The van der Waals surface area contributed by atoms with E-state index in [9.17, 15) is 9.18 Å². The van der Waals surface area contributed by atoms with E-state index in [1.807, 2.05) is 24.3 Å². The molecule has 5 aromatic rings. The summed E-state index contributed by atoms with van der Waals surface area (Å²) in [7, 11) is 0. The number of benzene rings is 2. The van der Waals surface area contributed by atoms with Crippen molar-refractivity contribution in [2.75, 3.05) is 0 Å². The molecule has 0 atom stereocenters. The van der Waals surface area contributed by atoms with E-state index in [2.05, 4.69) is 20.2 Å². The number of fused-ring (bicyclic) bond motifs is 2. The van der Waals surface area contributed by atoms with Gasteiger partial charge < -0.3 is 4.57 Å². The van der Waals surface area contributed by atoms with Gasteiger partial charge in [-0.15, -0.1) is 0 Å². The molecule has 0 saturated heterocycles. The summed E-state index contributed by atoms with van der Waals surface area (Å²) in [6, 6.07) is 12.5. The molecular weight excluding hydrogens is 357 g/mol. The minimum Gasteiger partial charge on any atom is -0.301 e. The fraction of sp³-hybridized carbons (Fsp3) is 0.0476. The third-order valence-electron chi connectivity index (χ3n) is 4.83. The Morgan fingerprint density at radius 2 is 2.00 bits per heavy atom.